The normalized spacial score (nSPS) is 18.0. The van der Waals surface area contributed by atoms with Crippen molar-refractivity contribution in [3.05, 3.63) is 41.3 Å². The van der Waals surface area contributed by atoms with Crippen LogP contribution in [0.3, 0.4) is 0 Å². The Bertz CT molecular complexity index is 783. The number of fused-ring (bicyclic) bond motifs is 1. The molecule has 6 nitrogen and oxygen atoms in total. The quantitative estimate of drug-likeness (QED) is 0.874. The van der Waals surface area contributed by atoms with Gasteiger partial charge in [-0.2, -0.15) is 0 Å². The lowest BCUT2D eigenvalue weighted by Gasteiger charge is -2.23. The summed E-state index contributed by atoms with van der Waals surface area (Å²) in [5.74, 6) is 0.432. The van der Waals surface area contributed by atoms with E-state index in [0.717, 1.165) is 5.56 Å². The highest BCUT2D eigenvalue weighted by molar-refractivity contribution is 7.92. The summed E-state index contributed by atoms with van der Waals surface area (Å²) in [5.41, 5.74) is 8.50. The predicted molar refractivity (Wildman–Crippen MR) is 80.4 cm³/mol. The monoisotopic (exact) mass is 307 g/mol. The van der Waals surface area contributed by atoms with Gasteiger partial charge in [0.1, 0.15) is 17.2 Å². The second kappa shape index (κ2) is 4.77. The van der Waals surface area contributed by atoms with Crippen LogP contribution in [0.5, 0.6) is 0 Å². The van der Waals surface area contributed by atoms with Crippen molar-refractivity contribution in [2.24, 2.45) is 0 Å². The van der Waals surface area contributed by atoms with E-state index < -0.39 is 10.0 Å². The van der Waals surface area contributed by atoms with Crippen molar-refractivity contribution in [2.75, 3.05) is 10.0 Å². The lowest BCUT2D eigenvalue weighted by atomic mass is 10.1. The fraction of sp³-hybridized carbons (Fsp3) is 0.357. The third-order valence-electron chi connectivity index (χ3n) is 3.56. The van der Waals surface area contributed by atoms with Gasteiger partial charge in [-0.1, -0.05) is 5.16 Å². The predicted octanol–water partition coefficient (Wildman–Crippen LogP) is 1.85. The molecule has 0 radical (unpaired) electrons. The van der Waals surface area contributed by atoms with Gasteiger partial charge in [0.2, 0.25) is 10.0 Å². The molecule has 1 unspecified atom stereocenters. The first-order chi connectivity index (χ1) is 9.87. The second-order valence-corrected chi connectivity index (χ2v) is 7.27. The van der Waals surface area contributed by atoms with Crippen LogP contribution in [0.1, 0.15) is 23.9 Å². The summed E-state index contributed by atoms with van der Waals surface area (Å²) in [6, 6.07) is 6.84. The number of aryl methyl sites for hydroxylation is 1. The van der Waals surface area contributed by atoms with Crippen molar-refractivity contribution in [2.45, 2.75) is 32.1 Å². The Hall–Kier alpha value is -2.02. The van der Waals surface area contributed by atoms with E-state index >= 15 is 0 Å². The Labute approximate surface area is 123 Å². The molecule has 1 aliphatic rings. The van der Waals surface area contributed by atoms with E-state index in [1.54, 1.807) is 25.1 Å². The number of aromatic nitrogens is 1. The average molecular weight is 307 g/mol. The maximum atomic E-state index is 12.7. The summed E-state index contributed by atoms with van der Waals surface area (Å²) < 4.78 is 31.8. The van der Waals surface area contributed by atoms with Crippen LogP contribution < -0.4 is 10.0 Å². The summed E-state index contributed by atoms with van der Waals surface area (Å²) in [6.07, 6.45) is 0.664. The Balaban J connectivity index is 1.96. The molecule has 2 heterocycles. The van der Waals surface area contributed by atoms with Crippen molar-refractivity contribution < 1.29 is 12.9 Å². The van der Waals surface area contributed by atoms with Crippen LogP contribution in [0.2, 0.25) is 0 Å². The highest BCUT2D eigenvalue weighted by Gasteiger charge is 2.35. The molecule has 21 heavy (non-hydrogen) atoms. The third-order valence-corrected chi connectivity index (χ3v) is 5.38. The van der Waals surface area contributed by atoms with Gasteiger partial charge in [-0.25, -0.2) is 8.42 Å². The summed E-state index contributed by atoms with van der Waals surface area (Å²) >= 11 is 0. The molecular formula is C14H17N3O3S. The Morgan fingerprint density at radius 2 is 2.19 bits per heavy atom. The van der Waals surface area contributed by atoms with Gasteiger partial charge < -0.3 is 10.3 Å². The summed E-state index contributed by atoms with van der Waals surface area (Å²) in [4.78, 5) is 0. The number of hydrogen-bond acceptors (Lipinski definition) is 5. The number of nitrogen functional groups attached to an aromatic ring is 1. The van der Waals surface area contributed by atoms with Crippen molar-refractivity contribution in [1.29, 1.82) is 0 Å². The molecule has 1 atom stereocenters. The molecule has 0 aliphatic carbocycles. The Morgan fingerprint density at radius 1 is 1.43 bits per heavy atom. The number of hydrogen-bond donors (Lipinski definition) is 1. The van der Waals surface area contributed by atoms with Crippen LogP contribution in [-0.4, -0.2) is 19.6 Å². The molecular weight excluding hydrogens is 290 g/mol. The van der Waals surface area contributed by atoms with E-state index in [2.05, 4.69) is 5.16 Å². The standard InChI is InChI=1S/C14H17N3O3S/c1-9-5-11-7-12(15)3-4-14(11)17(9)21(18,19)8-13-6-10(2)20-16-13/h3-4,6-7,9H,5,8,15H2,1-2H3. The van der Waals surface area contributed by atoms with Gasteiger partial charge in [0.15, 0.2) is 0 Å². The van der Waals surface area contributed by atoms with E-state index in [-0.39, 0.29) is 11.8 Å². The van der Waals surface area contributed by atoms with Crippen molar-refractivity contribution in [3.63, 3.8) is 0 Å². The van der Waals surface area contributed by atoms with Crippen LogP contribution >= 0.6 is 0 Å². The smallest absolute Gasteiger partial charge is 0.241 e. The molecule has 0 bridgehead atoms. The molecule has 7 heteroatoms. The fourth-order valence-corrected chi connectivity index (χ4v) is 4.54. The van der Waals surface area contributed by atoms with Crippen LogP contribution in [0.25, 0.3) is 0 Å². The van der Waals surface area contributed by atoms with Crippen molar-refractivity contribution >= 4 is 21.4 Å². The minimum absolute atomic E-state index is 0.125. The van der Waals surface area contributed by atoms with Crippen LogP contribution in [0, 0.1) is 6.92 Å². The second-order valence-electron chi connectivity index (χ2n) is 5.42. The van der Waals surface area contributed by atoms with E-state index in [4.69, 9.17) is 10.3 Å². The SMILES string of the molecule is Cc1cc(CS(=O)(=O)N2c3ccc(N)cc3CC2C)no1. The third kappa shape index (κ3) is 2.49. The number of sulfonamides is 1. The first-order valence-corrected chi connectivity index (χ1v) is 8.30. The number of anilines is 2. The van der Waals surface area contributed by atoms with E-state index in [1.807, 2.05) is 13.0 Å². The van der Waals surface area contributed by atoms with Crippen LogP contribution in [-0.2, 0) is 22.2 Å². The Morgan fingerprint density at radius 3 is 2.86 bits per heavy atom. The van der Waals surface area contributed by atoms with Gasteiger partial charge >= 0.3 is 0 Å². The zero-order valence-corrected chi connectivity index (χ0v) is 12.7. The maximum Gasteiger partial charge on any atom is 0.241 e. The van der Waals surface area contributed by atoms with Gasteiger partial charge in [-0.05, 0) is 44.0 Å². The summed E-state index contributed by atoms with van der Waals surface area (Å²) in [7, 11) is -3.51. The molecule has 0 saturated heterocycles. The maximum absolute atomic E-state index is 12.7. The zero-order chi connectivity index (χ0) is 15.2. The van der Waals surface area contributed by atoms with E-state index in [9.17, 15) is 8.42 Å². The molecule has 1 aromatic carbocycles. The largest absolute Gasteiger partial charge is 0.399 e. The molecule has 2 aromatic rings. The number of nitrogens with zero attached hydrogens (tertiary/aromatic N) is 2. The fourth-order valence-electron chi connectivity index (χ4n) is 2.79. The number of benzene rings is 1. The van der Waals surface area contributed by atoms with Gasteiger partial charge in [0.25, 0.3) is 0 Å². The lowest BCUT2D eigenvalue weighted by Crippen LogP contribution is -2.36. The van der Waals surface area contributed by atoms with Crippen molar-refractivity contribution in [3.8, 4) is 0 Å². The molecule has 112 valence electrons. The average Bonchev–Trinajstić information content (AvgIpc) is 2.91. The highest BCUT2D eigenvalue weighted by Crippen LogP contribution is 2.36. The molecule has 3 rings (SSSR count). The van der Waals surface area contributed by atoms with Crippen molar-refractivity contribution in [1.82, 2.24) is 5.16 Å². The van der Waals surface area contributed by atoms with Gasteiger partial charge in [0, 0.05) is 17.8 Å². The number of rotatable bonds is 3. The molecule has 0 fully saturated rings. The molecule has 0 spiro atoms. The van der Waals surface area contributed by atoms with Crippen LogP contribution in [0.4, 0.5) is 11.4 Å². The minimum Gasteiger partial charge on any atom is -0.399 e. The summed E-state index contributed by atoms with van der Waals surface area (Å²) in [6.45, 7) is 3.63. The molecule has 0 saturated carbocycles. The first-order valence-electron chi connectivity index (χ1n) is 6.69. The molecule has 1 aliphatic heterocycles. The lowest BCUT2D eigenvalue weighted by molar-refractivity contribution is 0.392. The number of nitrogens with two attached hydrogens (primary N) is 1. The molecule has 1 aromatic heterocycles. The Kier molecular flexibility index (Phi) is 3.16. The summed E-state index contributed by atoms with van der Waals surface area (Å²) in [5, 5.41) is 3.77. The molecule has 0 amide bonds. The topological polar surface area (TPSA) is 89.4 Å². The molecule has 2 N–H and O–H groups in total. The first kappa shape index (κ1) is 13.9. The van der Waals surface area contributed by atoms with Gasteiger partial charge in [-0.15, -0.1) is 0 Å². The minimum atomic E-state index is -3.51. The van der Waals surface area contributed by atoms with Gasteiger partial charge in [0.05, 0.1) is 5.69 Å². The van der Waals surface area contributed by atoms with Crippen LogP contribution in [0.15, 0.2) is 28.8 Å². The van der Waals surface area contributed by atoms with Gasteiger partial charge in [-0.3, -0.25) is 4.31 Å². The van der Waals surface area contributed by atoms with E-state index in [1.165, 1.54) is 4.31 Å². The zero-order valence-electron chi connectivity index (χ0n) is 11.9. The highest BCUT2D eigenvalue weighted by atomic mass is 32.2. The van der Waals surface area contributed by atoms with E-state index in [0.29, 0.717) is 29.2 Å².